The molecule has 0 heterocycles. The number of aryl methyl sites for hydroxylation is 1. The van der Waals surface area contributed by atoms with E-state index in [0.29, 0.717) is 18.8 Å². The first-order chi connectivity index (χ1) is 12.6. The number of para-hydroxylation sites is 1. The Balaban J connectivity index is 1.69. The zero-order valence-electron chi connectivity index (χ0n) is 14.5. The molecule has 0 spiro atoms. The SMILES string of the molecule is CCOc1ccccc1CCC(=O)NNC(=O)COc1ccc(F)cc1. The van der Waals surface area contributed by atoms with Gasteiger partial charge in [-0.05, 0) is 49.2 Å². The number of hydrazine groups is 1. The van der Waals surface area contributed by atoms with E-state index in [0.717, 1.165) is 11.3 Å². The Morgan fingerprint density at radius 2 is 1.65 bits per heavy atom. The van der Waals surface area contributed by atoms with Crippen LogP contribution < -0.4 is 20.3 Å². The maximum Gasteiger partial charge on any atom is 0.276 e. The first kappa shape index (κ1) is 19.2. The van der Waals surface area contributed by atoms with Crippen LogP contribution in [-0.4, -0.2) is 25.0 Å². The van der Waals surface area contributed by atoms with Crippen LogP contribution in [0.2, 0.25) is 0 Å². The number of carbonyl (C=O) groups is 2. The van der Waals surface area contributed by atoms with Gasteiger partial charge in [0.2, 0.25) is 5.91 Å². The summed E-state index contributed by atoms with van der Waals surface area (Å²) in [5.41, 5.74) is 5.53. The molecule has 138 valence electrons. The average Bonchev–Trinajstić information content (AvgIpc) is 2.65. The minimum absolute atomic E-state index is 0.198. The molecular weight excluding hydrogens is 339 g/mol. The maximum atomic E-state index is 12.8. The highest BCUT2D eigenvalue weighted by Gasteiger charge is 2.08. The number of halogens is 1. The van der Waals surface area contributed by atoms with E-state index in [1.54, 1.807) is 0 Å². The van der Waals surface area contributed by atoms with Gasteiger partial charge < -0.3 is 9.47 Å². The van der Waals surface area contributed by atoms with E-state index < -0.39 is 5.91 Å². The molecule has 2 rings (SSSR count). The van der Waals surface area contributed by atoms with Crippen molar-refractivity contribution < 1.29 is 23.5 Å². The molecule has 2 N–H and O–H groups in total. The molecule has 0 radical (unpaired) electrons. The van der Waals surface area contributed by atoms with Crippen LogP contribution in [0.3, 0.4) is 0 Å². The highest BCUT2D eigenvalue weighted by atomic mass is 19.1. The molecule has 0 aliphatic heterocycles. The smallest absolute Gasteiger partial charge is 0.276 e. The first-order valence-corrected chi connectivity index (χ1v) is 8.25. The molecule has 0 atom stereocenters. The van der Waals surface area contributed by atoms with Crippen LogP contribution in [-0.2, 0) is 16.0 Å². The molecule has 26 heavy (non-hydrogen) atoms. The van der Waals surface area contributed by atoms with Gasteiger partial charge in [0, 0.05) is 6.42 Å². The van der Waals surface area contributed by atoms with Gasteiger partial charge in [0.15, 0.2) is 6.61 Å². The lowest BCUT2D eigenvalue weighted by Crippen LogP contribution is -2.43. The molecule has 0 unspecified atom stereocenters. The van der Waals surface area contributed by atoms with Crippen LogP contribution in [0.25, 0.3) is 0 Å². The Hall–Kier alpha value is -3.09. The van der Waals surface area contributed by atoms with E-state index >= 15 is 0 Å². The summed E-state index contributed by atoms with van der Waals surface area (Å²) < 4.78 is 23.5. The fraction of sp³-hybridized carbons (Fsp3) is 0.263. The van der Waals surface area contributed by atoms with Crippen LogP contribution in [0, 0.1) is 5.82 Å². The predicted octanol–water partition coefficient (Wildman–Crippen LogP) is 2.38. The van der Waals surface area contributed by atoms with Gasteiger partial charge in [-0.25, -0.2) is 4.39 Å². The number of ether oxygens (including phenoxy) is 2. The van der Waals surface area contributed by atoms with E-state index in [1.807, 2.05) is 31.2 Å². The van der Waals surface area contributed by atoms with Crippen LogP contribution >= 0.6 is 0 Å². The molecule has 0 aliphatic carbocycles. The van der Waals surface area contributed by atoms with E-state index in [-0.39, 0.29) is 24.8 Å². The lowest BCUT2D eigenvalue weighted by Gasteiger charge is -2.11. The van der Waals surface area contributed by atoms with Gasteiger partial charge in [0.1, 0.15) is 17.3 Å². The summed E-state index contributed by atoms with van der Waals surface area (Å²) in [5.74, 6) is -0.122. The summed E-state index contributed by atoms with van der Waals surface area (Å²) in [4.78, 5) is 23.5. The molecular formula is C19H21FN2O4. The number of benzene rings is 2. The molecule has 2 aromatic carbocycles. The number of nitrogens with one attached hydrogen (secondary N) is 2. The van der Waals surface area contributed by atoms with E-state index in [1.165, 1.54) is 24.3 Å². The second-order valence-corrected chi connectivity index (χ2v) is 5.38. The zero-order chi connectivity index (χ0) is 18.8. The molecule has 0 bridgehead atoms. The summed E-state index contributed by atoms with van der Waals surface area (Å²) in [6.07, 6.45) is 0.688. The van der Waals surface area contributed by atoms with Gasteiger partial charge in [-0.1, -0.05) is 18.2 Å². The lowest BCUT2D eigenvalue weighted by atomic mass is 10.1. The van der Waals surface area contributed by atoms with Crippen molar-refractivity contribution in [3.05, 3.63) is 59.9 Å². The monoisotopic (exact) mass is 360 g/mol. The fourth-order valence-electron chi connectivity index (χ4n) is 2.17. The van der Waals surface area contributed by atoms with Crippen molar-refractivity contribution >= 4 is 11.8 Å². The Morgan fingerprint density at radius 1 is 0.962 bits per heavy atom. The number of hydrogen-bond acceptors (Lipinski definition) is 4. The van der Waals surface area contributed by atoms with Gasteiger partial charge in [-0.3, -0.25) is 20.4 Å². The summed E-state index contributed by atoms with van der Waals surface area (Å²) in [6.45, 7) is 2.15. The fourth-order valence-corrected chi connectivity index (χ4v) is 2.17. The van der Waals surface area contributed by atoms with Crippen molar-refractivity contribution in [2.24, 2.45) is 0 Å². The highest BCUT2D eigenvalue weighted by molar-refractivity contribution is 5.82. The first-order valence-electron chi connectivity index (χ1n) is 8.25. The van der Waals surface area contributed by atoms with Crippen molar-refractivity contribution in [2.45, 2.75) is 19.8 Å². The quantitative estimate of drug-likeness (QED) is 0.709. The molecule has 0 saturated heterocycles. The molecule has 6 nitrogen and oxygen atoms in total. The normalized spacial score (nSPS) is 10.1. The Bertz CT molecular complexity index is 735. The number of rotatable bonds is 8. The second-order valence-electron chi connectivity index (χ2n) is 5.38. The van der Waals surface area contributed by atoms with Gasteiger partial charge in [-0.2, -0.15) is 0 Å². The van der Waals surface area contributed by atoms with Gasteiger partial charge in [0.05, 0.1) is 6.61 Å². The standard InChI is InChI=1S/C19H21FN2O4/c1-2-25-17-6-4-3-5-14(17)7-12-18(23)21-22-19(24)13-26-16-10-8-15(20)9-11-16/h3-6,8-11H,2,7,12-13H2,1H3,(H,21,23)(H,22,24). The maximum absolute atomic E-state index is 12.8. The average molecular weight is 360 g/mol. The van der Waals surface area contributed by atoms with E-state index in [2.05, 4.69) is 10.9 Å². The molecule has 0 aliphatic rings. The van der Waals surface area contributed by atoms with Crippen LogP contribution in [0.15, 0.2) is 48.5 Å². The second kappa shape index (κ2) is 10.0. The van der Waals surface area contributed by atoms with Crippen molar-refractivity contribution in [3.63, 3.8) is 0 Å². The lowest BCUT2D eigenvalue weighted by molar-refractivity contribution is -0.130. The van der Waals surface area contributed by atoms with E-state index in [9.17, 15) is 14.0 Å². The number of carbonyl (C=O) groups excluding carboxylic acids is 2. The van der Waals surface area contributed by atoms with Crippen LogP contribution in [0.1, 0.15) is 18.9 Å². The summed E-state index contributed by atoms with van der Waals surface area (Å²) >= 11 is 0. The summed E-state index contributed by atoms with van der Waals surface area (Å²) in [7, 11) is 0. The van der Waals surface area contributed by atoms with Crippen molar-refractivity contribution in [2.75, 3.05) is 13.2 Å². The van der Waals surface area contributed by atoms with Gasteiger partial charge >= 0.3 is 0 Å². The third-order valence-electron chi connectivity index (χ3n) is 3.42. The van der Waals surface area contributed by atoms with E-state index in [4.69, 9.17) is 9.47 Å². The molecule has 7 heteroatoms. The summed E-state index contributed by atoms with van der Waals surface area (Å²) in [6, 6.07) is 12.8. The Labute approximate surface area is 151 Å². The summed E-state index contributed by atoms with van der Waals surface area (Å²) in [5, 5.41) is 0. The van der Waals surface area contributed by atoms with Crippen molar-refractivity contribution in [3.8, 4) is 11.5 Å². The number of amides is 2. The van der Waals surface area contributed by atoms with Gasteiger partial charge in [-0.15, -0.1) is 0 Å². The predicted molar refractivity (Wildman–Crippen MR) is 94.1 cm³/mol. The minimum Gasteiger partial charge on any atom is -0.494 e. The third kappa shape index (κ3) is 6.43. The number of hydrogen-bond donors (Lipinski definition) is 2. The molecule has 0 aromatic heterocycles. The third-order valence-corrected chi connectivity index (χ3v) is 3.42. The molecule has 0 fully saturated rings. The zero-order valence-corrected chi connectivity index (χ0v) is 14.5. The Kier molecular flexibility index (Phi) is 7.42. The molecule has 0 saturated carbocycles. The minimum atomic E-state index is -0.516. The molecule has 2 amide bonds. The highest BCUT2D eigenvalue weighted by Crippen LogP contribution is 2.19. The van der Waals surface area contributed by atoms with Crippen molar-refractivity contribution in [1.82, 2.24) is 10.9 Å². The Morgan fingerprint density at radius 3 is 2.38 bits per heavy atom. The van der Waals surface area contributed by atoms with Crippen molar-refractivity contribution in [1.29, 1.82) is 0 Å². The largest absolute Gasteiger partial charge is 0.494 e. The topological polar surface area (TPSA) is 76.7 Å². The molecule has 2 aromatic rings. The van der Waals surface area contributed by atoms with Crippen LogP contribution in [0.4, 0.5) is 4.39 Å². The van der Waals surface area contributed by atoms with Crippen LogP contribution in [0.5, 0.6) is 11.5 Å². The van der Waals surface area contributed by atoms with Gasteiger partial charge in [0.25, 0.3) is 5.91 Å².